The Morgan fingerprint density at radius 2 is 1.51 bits per heavy atom. The first-order valence-corrected chi connectivity index (χ1v) is 21.2. The summed E-state index contributed by atoms with van der Waals surface area (Å²) in [4.78, 5) is 36.9. The lowest BCUT2D eigenvalue weighted by molar-refractivity contribution is -0.175. The highest BCUT2D eigenvalue weighted by atomic mass is 16.6. The molecule has 0 unspecified atom stereocenters. The second-order valence-electron chi connectivity index (χ2n) is 16.4. The SMILES string of the molecule is C/C(=C\[C@H](C)CCCCC(=O)O)[C@@H]1O[C@@H]2C=C[C@@H]1OC(=O)\C=C/C=C/C=C/C(=O)[C@H]1C[C@@H](O)[C@@H](C)[C@H](/C=C/C[C@H]3O[C@H](C[C@H](O)[C@H]3C)[C@@H](O)[C@@H](O)/C=C/CC/C=C/C2)O1. The average Bonchev–Trinajstić information content (AvgIpc) is 3.19. The first-order valence-electron chi connectivity index (χ1n) is 21.2. The summed E-state index contributed by atoms with van der Waals surface area (Å²) in [5.74, 6) is -2.03. The van der Waals surface area contributed by atoms with Crippen LogP contribution in [0.3, 0.4) is 0 Å². The monoisotopic (exact) mass is 822 g/mol. The first kappa shape index (κ1) is 47.9. The maximum absolute atomic E-state index is 13.1. The van der Waals surface area contributed by atoms with Crippen molar-refractivity contribution in [1.82, 2.24) is 0 Å². The zero-order chi connectivity index (χ0) is 42.9. The van der Waals surface area contributed by atoms with Gasteiger partial charge in [0.1, 0.15) is 24.4 Å². The van der Waals surface area contributed by atoms with E-state index in [0.717, 1.165) is 18.4 Å². The number of esters is 1. The van der Waals surface area contributed by atoms with E-state index >= 15 is 0 Å². The summed E-state index contributed by atoms with van der Waals surface area (Å²) in [5.41, 5.74) is 0.905. The van der Waals surface area contributed by atoms with E-state index in [1.807, 2.05) is 57.2 Å². The molecule has 0 aromatic heterocycles. The summed E-state index contributed by atoms with van der Waals surface area (Å²) in [6.07, 6.45) is 22.7. The number of hydrogen-bond acceptors (Lipinski definition) is 11. The molecule has 5 aliphatic heterocycles. The van der Waals surface area contributed by atoms with Gasteiger partial charge in [0.05, 0.1) is 36.6 Å². The third kappa shape index (κ3) is 15.7. The largest absolute Gasteiger partial charge is 0.481 e. The second kappa shape index (κ2) is 24.5. The number of carboxylic acids is 1. The highest BCUT2D eigenvalue weighted by Gasteiger charge is 2.40. The van der Waals surface area contributed by atoms with Crippen molar-refractivity contribution in [2.75, 3.05) is 0 Å². The maximum Gasteiger partial charge on any atom is 0.331 e. The number of carbonyl (C=O) groups excluding carboxylic acids is 2. The van der Waals surface area contributed by atoms with E-state index < -0.39 is 73.0 Å². The number of aliphatic carboxylic acids is 1. The molecule has 0 radical (unpaired) electrons. The van der Waals surface area contributed by atoms with E-state index in [1.165, 1.54) is 18.2 Å². The summed E-state index contributed by atoms with van der Waals surface area (Å²) in [6, 6.07) is 0. The standard InChI is InChI=1S/C47H66O12/c1-30(17-14-15-23-44(52)53)27-31(2)47-41-26-25-34(56-47)18-10-6-5-7-12-20-36(49)46(55)43-29-38(51)33(4)40(58-43)22-16-21-39-32(3)37(50)28-42(57-39)35(48)19-11-8-9-13-24-45(54)59-41/h6,8-13,16,19-21,24-27,30,32-34,36-43,46-47,49-51,55H,5,7,14-15,17-18,22-23,28-29H2,1-4H3,(H,52,53)/b9-8+,10-6+,19-11+,20-12+,21-16+,24-13-,31-27+/t30-,32-,33-,34+,36+,37-,38+,39+,40-,41+,42-,43-,46+,47+/m1/s1. The van der Waals surface area contributed by atoms with Crippen LogP contribution < -0.4 is 0 Å². The van der Waals surface area contributed by atoms with Crippen molar-refractivity contribution in [3.63, 3.8) is 0 Å². The van der Waals surface area contributed by atoms with Gasteiger partial charge in [-0.2, -0.15) is 0 Å². The van der Waals surface area contributed by atoms with E-state index in [2.05, 4.69) is 13.0 Å². The second-order valence-corrected chi connectivity index (χ2v) is 16.4. The predicted molar refractivity (Wildman–Crippen MR) is 224 cm³/mol. The molecule has 5 heterocycles. The van der Waals surface area contributed by atoms with Crippen LogP contribution in [0.4, 0.5) is 0 Å². The van der Waals surface area contributed by atoms with Gasteiger partial charge in [0.15, 0.2) is 11.9 Å². The molecule has 14 atom stereocenters. The zero-order valence-corrected chi connectivity index (χ0v) is 34.9. The van der Waals surface area contributed by atoms with E-state index in [0.29, 0.717) is 32.1 Å². The molecular formula is C47H66O12. The Hall–Kier alpha value is -3.75. The molecule has 2 fully saturated rings. The first-order chi connectivity index (χ1) is 28.2. The number of aliphatic hydroxyl groups excluding tert-OH is 4. The van der Waals surface area contributed by atoms with Crippen LogP contribution >= 0.6 is 0 Å². The van der Waals surface area contributed by atoms with Gasteiger partial charge in [-0.3, -0.25) is 9.59 Å². The molecule has 0 aromatic carbocycles. The number of allylic oxidation sites excluding steroid dienone is 7. The van der Waals surface area contributed by atoms with Crippen LogP contribution in [0.5, 0.6) is 0 Å². The molecule has 0 amide bonds. The van der Waals surface area contributed by atoms with E-state index in [-0.39, 0.29) is 48.9 Å². The van der Waals surface area contributed by atoms with Crippen molar-refractivity contribution >= 4 is 17.7 Å². The predicted octanol–water partition coefficient (Wildman–Crippen LogP) is 5.96. The molecular weight excluding hydrogens is 757 g/mol. The Bertz CT molecular complexity index is 1600. The van der Waals surface area contributed by atoms with Crippen molar-refractivity contribution in [2.24, 2.45) is 17.8 Å². The molecule has 6 bridgehead atoms. The third-order valence-corrected chi connectivity index (χ3v) is 11.5. The summed E-state index contributed by atoms with van der Waals surface area (Å²) in [7, 11) is 0. The molecule has 0 aromatic rings. The third-order valence-electron chi connectivity index (χ3n) is 11.5. The Balaban J connectivity index is 1.50. The molecule has 12 nitrogen and oxygen atoms in total. The minimum Gasteiger partial charge on any atom is -0.481 e. The topological polar surface area (TPSA) is 189 Å². The van der Waals surface area contributed by atoms with Gasteiger partial charge in [-0.1, -0.05) is 100 Å². The van der Waals surface area contributed by atoms with Crippen LogP contribution in [0.2, 0.25) is 0 Å². The number of rotatable bonds is 7. The van der Waals surface area contributed by atoms with Crippen molar-refractivity contribution < 1.29 is 58.9 Å². The number of carbonyl (C=O) groups is 3. The van der Waals surface area contributed by atoms with Gasteiger partial charge < -0.3 is 44.5 Å². The Morgan fingerprint density at radius 3 is 2.27 bits per heavy atom. The van der Waals surface area contributed by atoms with Crippen LogP contribution in [-0.2, 0) is 33.3 Å². The molecule has 0 spiro atoms. The molecule has 5 rings (SSSR count). The van der Waals surface area contributed by atoms with Gasteiger partial charge in [-0.25, -0.2) is 4.79 Å². The number of aliphatic hydroxyl groups is 4. The number of ketones is 1. The molecule has 0 aliphatic carbocycles. The molecule has 12 heteroatoms. The summed E-state index contributed by atoms with van der Waals surface area (Å²) >= 11 is 0. The molecule has 59 heavy (non-hydrogen) atoms. The molecule has 326 valence electrons. The molecule has 2 saturated heterocycles. The van der Waals surface area contributed by atoms with E-state index in [1.54, 1.807) is 30.4 Å². The van der Waals surface area contributed by atoms with Gasteiger partial charge in [-0.05, 0) is 69.1 Å². The number of carboxylic acid groups (broad SMARTS) is 1. The van der Waals surface area contributed by atoms with Crippen LogP contribution in [0.1, 0.15) is 91.9 Å². The lowest BCUT2D eigenvalue weighted by Gasteiger charge is -2.40. The Morgan fingerprint density at radius 1 is 0.780 bits per heavy atom. The lowest BCUT2D eigenvalue weighted by Crippen LogP contribution is -2.50. The minimum atomic E-state index is -1.24. The normalized spacial score (nSPS) is 39.5. The quantitative estimate of drug-likeness (QED) is 0.115. The summed E-state index contributed by atoms with van der Waals surface area (Å²) in [5, 5.41) is 52.4. The smallest absolute Gasteiger partial charge is 0.331 e. The maximum atomic E-state index is 13.1. The van der Waals surface area contributed by atoms with Gasteiger partial charge in [0, 0.05) is 37.2 Å². The minimum absolute atomic E-state index is 0.136. The van der Waals surface area contributed by atoms with Gasteiger partial charge in [-0.15, -0.1) is 0 Å². The Kier molecular flexibility index (Phi) is 19.9. The summed E-state index contributed by atoms with van der Waals surface area (Å²) < 4.78 is 24.7. The van der Waals surface area contributed by atoms with Gasteiger partial charge in [0.25, 0.3) is 0 Å². The van der Waals surface area contributed by atoms with Crippen molar-refractivity contribution in [3.05, 3.63) is 96.7 Å². The fraction of sp³-hybridized carbons (Fsp3) is 0.596. The fourth-order valence-corrected chi connectivity index (χ4v) is 7.79. The molecule has 5 aliphatic rings. The fourth-order valence-electron chi connectivity index (χ4n) is 7.79. The van der Waals surface area contributed by atoms with Crippen LogP contribution in [0.15, 0.2) is 96.7 Å². The van der Waals surface area contributed by atoms with Gasteiger partial charge >= 0.3 is 11.9 Å². The average molecular weight is 823 g/mol. The highest BCUT2D eigenvalue weighted by molar-refractivity contribution is 5.94. The lowest BCUT2D eigenvalue weighted by atomic mass is 9.85. The van der Waals surface area contributed by atoms with Crippen molar-refractivity contribution in [3.8, 4) is 0 Å². The number of fused-ring (bicyclic) bond motifs is 13. The Labute approximate surface area is 349 Å². The van der Waals surface area contributed by atoms with E-state index in [4.69, 9.17) is 24.1 Å². The number of ether oxygens (including phenoxy) is 4. The zero-order valence-electron chi connectivity index (χ0n) is 34.9. The van der Waals surface area contributed by atoms with Crippen LogP contribution in [0.25, 0.3) is 0 Å². The molecule has 0 saturated carbocycles. The van der Waals surface area contributed by atoms with Crippen LogP contribution in [-0.4, -0.2) is 110 Å². The summed E-state index contributed by atoms with van der Waals surface area (Å²) in [6.45, 7) is 7.75. The van der Waals surface area contributed by atoms with E-state index in [9.17, 15) is 34.8 Å². The van der Waals surface area contributed by atoms with Gasteiger partial charge in [0.2, 0.25) is 0 Å². The van der Waals surface area contributed by atoms with Crippen molar-refractivity contribution in [1.29, 1.82) is 0 Å². The highest BCUT2D eigenvalue weighted by Crippen LogP contribution is 2.32. The van der Waals surface area contributed by atoms with Crippen LogP contribution in [0, 0.1) is 17.8 Å². The number of hydrogen-bond donors (Lipinski definition) is 5. The van der Waals surface area contributed by atoms with Crippen molar-refractivity contribution in [2.45, 2.75) is 159 Å². The molecule has 5 N–H and O–H groups in total. The number of unbranched alkanes of at least 4 members (excludes halogenated alkanes) is 1.